The molecule has 1 aliphatic carbocycles. The van der Waals surface area contributed by atoms with Gasteiger partial charge in [-0.1, -0.05) is 46.5 Å². The van der Waals surface area contributed by atoms with E-state index >= 15 is 0 Å². The fourth-order valence-electron chi connectivity index (χ4n) is 1.89. The highest BCUT2D eigenvalue weighted by molar-refractivity contribution is 4.75. The maximum Gasteiger partial charge on any atom is 0.0621 e. The summed E-state index contributed by atoms with van der Waals surface area (Å²) in [5.41, 5.74) is 0. The molecule has 13 heavy (non-hydrogen) atoms. The van der Waals surface area contributed by atoms with Crippen molar-refractivity contribution in [2.24, 2.45) is 11.8 Å². The molecular weight excluding hydrogens is 158 g/mol. The molecule has 0 radical (unpaired) electrons. The molecule has 0 amide bonds. The second kappa shape index (κ2) is 8.10. The molecular formula is C12H23N. The molecule has 1 fully saturated rings. The summed E-state index contributed by atoms with van der Waals surface area (Å²) in [6.45, 7) is 6.33. The normalized spacial score (nSPS) is 26.9. The van der Waals surface area contributed by atoms with Gasteiger partial charge in [0.15, 0.2) is 0 Å². The van der Waals surface area contributed by atoms with Crippen molar-refractivity contribution in [3.05, 3.63) is 0 Å². The summed E-state index contributed by atoms with van der Waals surface area (Å²) in [6.07, 6.45) is 7.40. The number of hydrogen-bond donors (Lipinski definition) is 0. The van der Waals surface area contributed by atoms with E-state index in [2.05, 4.69) is 13.0 Å². The maximum absolute atomic E-state index is 8.40. The highest BCUT2D eigenvalue weighted by Gasteiger charge is 2.17. The summed E-state index contributed by atoms with van der Waals surface area (Å²) < 4.78 is 0. The Labute approximate surface area is 83.1 Å². The van der Waals surface area contributed by atoms with Crippen molar-refractivity contribution in [2.45, 2.75) is 59.3 Å². The summed E-state index contributed by atoms with van der Waals surface area (Å²) in [7, 11) is 0. The van der Waals surface area contributed by atoms with E-state index in [4.69, 9.17) is 5.26 Å². The van der Waals surface area contributed by atoms with E-state index in [0.29, 0.717) is 0 Å². The molecule has 0 aliphatic heterocycles. The molecule has 1 nitrogen and oxygen atoms in total. The lowest BCUT2D eigenvalue weighted by Gasteiger charge is -2.25. The number of hydrogen-bond acceptors (Lipinski definition) is 1. The zero-order valence-electron chi connectivity index (χ0n) is 9.34. The fourth-order valence-corrected chi connectivity index (χ4v) is 1.89. The molecule has 0 aromatic carbocycles. The van der Waals surface area contributed by atoms with Gasteiger partial charge in [-0.05, 0) is 18.3 Å². The lowest BCUT2D eigenvalue weighted by Crippen LogP contribution is -2.11. The first-order valence-electron chi connectivity index (χ1n) is 5.70. The van der Waals surface area contributed by atoms with Crippen molar-refractivity contribution in [2.75, 3.05) is 0 Å². The van der Waals surface area contributed by atoms with E-state index in [0.717, 1.165) is 24.7 Å². The van der Waals surface area contributed by atoms with Gasteiger partial charge in [0.25, 0.3) is 0 Å². The van der Waals surface area contributed by atoms with Crippen molar-refractivity contribution in [1.82, 2.24) is 0 Å². The molecule has 0 aromatic heterocycles. The van der Waals surface area contributed by atoms with Gasteiger partial charge in [0.1, 0.15) is 0 Å². The van der Waals surface area contributed by atoms with Crippen molar-refractivity contribution in [3.8, 4) is 6.07 Å². The van der Waals surface area contributed by atoms with Gasteiger partial charge in [-0.3, -0.25) is 0 Å². The van der Waals surface area contributed by atoms with Crippen LogP contribution in [0.5, 0.6) is 0 Å². The Balaban J connectivity index is 0.000000671. The van der Waals surface area contributed by atoms with Crippen LogP contribution < -0.4 is 0 Å². The van der Waals surface area contributed by atoms with Crippen LogP contribution in [0.4, 0.5) is 0 Å². The van der Waals surface area contributed by atoms with E-state index in [1.165, 1.54) is 25.7 Å². The van der Waals surface area contributed by atoms with E-state index in [1.54, 1.807) is 0 Å². The minimum absolute atomic E-state index is 0.763. The van der Waals surface area contributed by atoms with Crippen LogP contribution in [0.25, 0.3) is 0 Å². The number of rotatable bonds is 2. The number of nitrogens with zero attached hydrogens (tertiary/aromatic N) is 1. The van der Waals surface area contributed by atoms with Crippen LogP contribution in [-0.4, -0.2) is 0 Å². The van der Waals surface area contributed by atoms with Crippen molar-refractivity contribution in [3.63, 3.8) is 0 Å². The summed E-state index contributed by atoms with van der Waals surface area (Å²) >= 11 is 0. The van der Waals surface area contributed by atoms with Crippen LogP contribution >= 0.6 is 0 Å². The predicted octanol–water partition coefficient (Wildman–Crippen LogP) is 4.14. The average Bonchev–Trinajstić information content (AvgIpc) is 2.20. The van der Waals surface area contributed by atoms with Gasteiger partial charge in [0.05, 0.1) is 6.07 Å². The van der Waals surface area contributed by atoms with Gasteiger partial charge in [-0.15, -0.1) is 0 Å². The second-order valence-electron chi connectivity index (χ2n) is 3.82. The maximum atomic E-state index is 8.40. The molecule has 76 valence electrons. The smallest absolute Gasteiger partial charge is 0.0621 e. The zero-order chi connectivity index (χ0) is 10.1. The standard InChI is InChI=1S/C10H17N.C2H6/c1-9-4-6-10(7-5-9)3-2-8-11;1-2/h9-10H,2-7H2,1H3;1-2H3. The predicted molar refractivity (Wildman–Crippen MR) is 57.3 cm³/mol. The summed E-state index contributed by atoms with van der Waals surface area (Å²) in [4.78, 5) is 0. The molecule has 1 rings (SSSR count). The molecule has 0 bridgehead atoms. The third kappa shape index (κ3) is 5.69. The van der Waals surface area contributed by atoms with Gasteiger partial charge in [0.2, 0.25) is 0 Å². The quantitative estimate of drug-likeness (QED) is 0.628. The molecule has 0 aromatic rings. The Hall–Kier alpha value is -0.510. The molecule has 1 saturated carbocycles. The van der Waals surface area contributed by atoms with Crippen LogP contribution in [0.15, 0.2) is 0 Å². The van der Waals surface area contributed by atoms with Crippen molar-refractivity contribution in [1.29, 1.82) is 5.26 Å². The third-order valence-electron chi connectivity index (χ3n) is 2.80. The molecule has 0 saturated heterocycles. The minimum Gasteiger partial charge on any atom is -0.198 e. The van der Waals surface area contributed by atoms with E-state index < -0.39 is 0 Å². The van der Waals surface area contributed by atoms with Crippen LogP contribution in [0.2, 0.25) is 0 Å². The zero-order valence-corrected chi connectivity index (χ0v) is 9.34. The van der Waals surface area contributed by atoms with E-state index in [1.807, 2.05) is 13.8 Å². The van der Waals surface area contributed by atoms with Crippen LogP contribution in [-0.2, 0) is 0 Å². The van der Waals surface area contributed by atoms with Crippen LogP contribution in [0, 0.1) is 23.2 Å². The Morgan fingerprint density at radius 3 is 2.15 bits per heavy atom. The van der Waals surface area contributed by atoms with Crippen LogP contribution in [0.3, 0.4) is 0 Å². The molecule has 0 atom stereocenters. The first kappa shape index (κ1) is 12.5. The van der Waals surface area contributed by atoms with Crippen LogP contribution in [0.1, 0.15) is 59.3 Å². The van der Waals surface area contributed by atoms with Gasteiger partial charge < -0.3 is 0 Å². The first-order valence-corrected chi connectivity index (χ1v) is 5.70. The Bertz CT molecular complexity index is 138. The molecule has 1 aliphatic rings. The van der Waals surface area contributed by atoms with Crippen molar-refractivity contribution < 1.29 is 0 Å². The Kier molecular flexibility index (Phi) is 7.79. The molecule has 0 heterocycles. The van der Waals surface area contributed by atoms with Gasteiger partial charge in [-0.25, -0.2) is 0 Å². The Morgan fingerprint density at radius 1 is 1.15 bits per heavy atom. The highest BCUT2D eigenvalue weighted by atomic mass is 14.3. The lowest BCUT2D eigenvalue weighted by atomic mass is 9.81. The topological polar surface area (TPSA) is 23.8 Å². The number of nitriles is 1. The summed E-state index contributed by atoms with van der Waals surface area (Å²) in [6, 6.07) is 2.23. The second-order valence-corrected chi connectivity index (χ2v) is 3.82. The molecule has 0 spiro atoms. The first-order chi connectivity index (χ1) is 6.33. The van der Waals surface area contributed by atoms with Gasteiger partial charge >= 0.3 is 0 Å². The largest absolute Gasteiger partial charge is 0.198 e. The fraction of sp³-hybridized carbons (Fsp3) is 0.917. The molecule has 0 N–H and O–H groups in total. The third-order valence-corrected chi connectivity index (χ3v) is 2.80. The van der Waals surface area contributed by atoms with Gasteiger partial charge in [0, 0.05) is 6.42 Å². The SMILES string of the molecule is CC.CC1CCC(CCC#N)CC1. The molecule has 0 unspecified atom stereocenters. The molecule has 1 heteroatoms. The average molecular weight is 181 g/mol. The van der Waals surface area contributed by atoms with Crippen molar-refractivity contribution >= 4 is 0 Å². The summed E-state index contributed by atoms with van der Waals surface area (Å²) in [5, 5.41) is 8.40. The lowest BCUT2D eigenvalue weighted by molar-refractivity contribution is 0.279. The van der Waals surface area contributed by atoms with E-state index in [9.17, 15) is 0 Å². The summed E-state index contributed by atoms with van der Waals surface area (Å²) in [5.74, 6) is 1.80. The highest BCUT2D eigenvalue weighted by Crippen LogP contribution is 2.30. The monoisotopic (exact) mass is 181 g/mol. The van der Waals surface area contributed by atoms with E-state index in [-0.39, 0.29) is 0 Å². The Morgan fingerprint density at radius 2 is 1.69 bits per heavy atom. The minimum atomic E-state index is 0.763. The van der Waals surface area contributed by atoms with Gasteiger partial charge in [-0.2, -0.15) is 5.26 Å².